The molecule has 0 amide bonds. The first-order valence-corrected chi connectivity index (χ1v) is 3.88. The van der Waals surface area contributed by atoms with Crippen molar-refractivity contribution in [2.45, 2.75) is 13.8 Å². The summed E-state index contributed by atoms with van der Waals surface area (Å²) in [6.45, 7) is 6.74. The maximum Gasteiger partial charge on any atom is 0.0500 e. The molecule has 52 valence electrons. The van der Waals surface area contributed by atoms with Gasteiger partial charge in [-0.25, -0.2) is 0 Å². The number of ether oxygens (including phenoxy) is 1. The molecule has 1 saturated heterocycles. The fourth-order valence-corrected chi connectivity index (χ4v) is 2.27. The number of hydrogen-bond acceptors (Lipinski definition) is 1. The third-order valence-electron chi connectivity index (χ3n) is 2.79. The standard InChI is InChI=1S/C8H14O/c1-5(2)8-6-3-9-4-7(6)8/h5-8H,3-4H2,1-2H3/t6-,7+,8+. The van der Waals surface area contributed by atoms with E-state index in [0.29, 0.717) is 0 Å². The van der Waals surface area contributed by atoms with Gasteiger partial charge >= 0.3 is 0 Å². The molecule has 0 N–H and O–H groups in total. The predicted octanol–water partition coefficient (Wildman–Crippen LogP) is 1.53. The van der Waals surface area contributed by atoms with E-state index in [-0.39, 0.29) is 0 Å². The molecule has 0 unspecified atom stereocenters. The molecule has 0 bridgehead atoms. The first-order valence-electron chi connectivity index (χ1n) is 3.88. The molecule has 0 aromatic heterocycles. The Bertz CT molecular complexity index is 110. The quantitative estimate of drug-likeness (QED) is 0.517. The Balaban J connectivity index is 1.94. The molecule has 0 radical (unpaired) electrons. The van der Waals surface area contributed by atoms with Gasteiger partial charge in [-0.2, -0.15) is 0 Å². The fraction of sp³-hybridized carbons (Fsp3) is 1.00. The Hall–Kier alpha value is -0.0400. The van der Waals surface area contributed by atoms with Crippen molar-refractivity contribution in [3.05, 3.63) is 0 Å². The smallest absolute Gasteiger partial charge is 0.0500 e. The van der Waals surface area contributed by atoms with Crippen molar-refractivity contribution < 1.29 is 4.74 Å². The predicted molar refractivity (Wildman–Crippen MR) is 36.1 cm³/mol. The minimum absolute atomic E-state index is 0.892. The molecule has 0 aromatic carbocycles. The van der Waals surface area contributed by atoms with Crippen LogP contribution in [0.1, 0.15) is 13.8 Å². The van der Waals surface area contributed by atoms with Crippen LogP contribution in [0.2, 0.25) is 0 Å². The summed E-state index contributed by atoms with van der Waals surface area (Å²) >= 11 is 0. The lowest BCUT2D eigenvalue weighted by Gasteiger charge is -2.05. The molecule has 1 aliphatic carbocycles. The van der Waals surface area contributed by atoms with E-state index in [4.69, 9.17) is 4.74 Å². The van der Waals surface area contributed by atoms with Gasteiger partial charge in [0.15, 0.2) is 0 Å². The molecular formula is C8H14O. The van der Waals surface area contributed by atoms with E-state index >= 15 is 0 Å². The van der Waals surface area contributed by atoms with E-state index in [1.807, 2.05) is 0 Å². The van der Waals surface area contributed by atoms with Crippen LogP contribution in [0.5, 0.6) is 0 Å². The number of hydrogen-bond donors (Lipinski definition) is 0. The van der Waals surface area contributed by atoms with Crippen LogP contribution in [-0.2, 0) is 4.74 Å². The van der Waals surface area contributed by atoms with Gasteiger partial charge in [-0.15, -0.1) is 0 Å². The zero-order chi connectivity index (χ0) is 6.43. The molecular weight excluding hydrogens is 112 g/mol. The van der Waals surface area contributed by atoms with Gasteiger partial charge in [-0.3, -0.25) is 0 Å². The third kappa shape index (κ3) is 0.710. The average Bonchev–Trinajstić information content (AvgIpc) is 2.30. The molecule has 1 nitrogen and oxygen atoms in total. The molecule has 1 heterocycles. The van der Waals surface area contributed by atoms with E-state index < -0.39 is 0 Å². The van der Waals surface area contributed by atoms with E-state index in [1.165, 1.54) is 0 Å². The van der Waals surface area contributed by atoms with Gasteiger partial charge in [0.2, 0.25) is 0 Å². The summed E-state index contributed by atoms with van der Waals surface area (Å²) in [5, 5.41) is 0. The van der Waals surface area contributed by atoms with Crippen LogP contribution in [0.15, 0.2) is 0 Å². The largest absolute Gasteiger partial charge is 0.381 e. The second-order valence-electron chi connectivity index (χ2n) is 3.69. The highest BCUT2D eigenvalue weighted by Crippen LogP contribution is 2.54. The topological polar surface area (TPSA) is 9.23 Å². The van der Waals surface area contributed by atoms with E-state index in [1.54, 1.807) is 0 Å². The van der Waals surface area contributed by atoms with Crippen molar-refractivity contribution >= 4 is 0 Å². The van der Waals surface area contributed by atoms with Crippen LogP contribution in [0, 0.1) is 23.7 Å². The summed E-state index contributed by atoms with van der Waals surface area (Å²) in [7, 11) is 0. The fourth-order valence-electron chi connectivity index (χ4n) is 2.27. The molecule has 1 aliphatic heterocycles. The first kappa shape index (κ1) is 5.72. The summed E-state index contributed by atoms with van der Waals surface area (Å²) in [6, 6.07) is 0. The monoisotopic (exact) mass is 126 g/mol. The molecule has 2 fully saturated rings. The second kappa shape index (κ2) is 1.72. The molecule has 0 aromatic rings. The zero-order valence-corrected chi connectivity index (χ0v) is 6.13. The summed E-state index contributed by atoms with van der Waals surface area (Å²) in [4.78, 5) is 0. The van der Waals surface area contributed by atoms with Gasteiger partial charge in [0.05, 0.1) is 13.2 Å². The molecule has 1 heteroatoms. The molecule has 9 heavy (non-hydrogen) atoms. The van der Waals surface area contributed by atoms with Gasteiger partial charge in [0.25, 0.3) is 0 Å². The van der Waals surface area contributed by atoms with Gasteiger partial charge in [0, 0.05) is 0 Å². The van der Waals surface area contributed by atoms with Crippen LogP contribution in [-0.4, -0.2) is 13.2 Å². The van der Waals surface area contributed by atoms with Crippen molar-refractivity contribution in [3.63, 3.8) is 0 Å². The maximum absolute atomic E-state index is 5.29. The normalized spacial score (nSPS) is 47.7. The van der Waals surface area contributed by atoms with Crippen molar-refractivity contribution in [1.82, 2.24) is 0 Å². The molecule has 3 atom stereocenters. The molecule has 1 saturated carbocycles. The van der Waals surface area contributed by atoms with Crippen molar-refractivity contribution in [2.75, 3.05) is 13.2 Å². The summed E-state index contributed by atoms with van der Waals surface area (Å²) in [5.74, 6) is 3.80. The Morgan fingerprint density at radius 2 is 1.78 bits per heavy atom. The minimum atomic E-state index is 0.892. The lowest BCUT2D eigenvalue weighted by atomic mass is 10.1. The van der Waals surface area contributed by atoms with Crippen LogP contribution in [0.3, 0.4) is 0 Å². The van der Waals surface area contributed by atoms with Crippen LogP contribution in [0.25, 0.3) is 0 Å². The second-order valence-corrected chi connectivity index (χ2v) is 3.69. The van der Waals surface area contributed by atoms with Crippen LogP contribution in [0.4, 0.5) is 0 Å². The van der Waals surface area contributed by atoms with Gasteiger partial charge in [-0.1, -0.05) is 13.8 Å². The molecule has 2 aliphatic rings. The van der Waals surface area contributed by atoms with Crippen LogP contribution < -0.4 is 0 Å². The van der Waals surface area contributed by atoms with E-state index in [0.717, 1.165) is 36.9 Å². The first-order chi connectivity index (χ1) is 4.30. The Morgan fingerprint density at radius 1 is 1.22 bits per heavy atom. The maximum atomic E-state index is 5.29. The van der Waals surface area contributed by atoms with Crippen LogP contribution >= 0.6 is 0 Å². The van der Waals surface area contributed by atoms with Gasteiger partial charge in [0.1, 0.15) is 0 Å². The van der Waals surface area contributed by atoms with Crippen molar-refractivity contribution in [1.29, 1.82) is 0 Å². The summed E-state index contributed by atoms with van der Waals surface area (Å²) in [5.41, 5.74) is 0. The highest BCUT2D eigenvalue weighted by atomic mass is 16.5. The lowest BCUT2D eigenvalue weighted by molar-refractivity contribution is 0.143. The number of fused-ring (bicyclic) bond motifs is 1. The van der Waals surface area contributed by atoms with Crippen molar-refractivity contribution in [3.8, 4) is 0 Å². The highest BCUT2D eigenvalue weighted by Gasteiger charge is 2.54. The Morgan fingerprint density at radius 3 is 2.11 bits per heavy atom. The van der Waals surface area contributed by atoms with Gasteiger partial charge < -0.3 is 4.74 Å². The van der Waals surface area contributed by atoms with E-state index in [9.17, 15) is 0 Å². The van der Waals surface area contributed by atoms with Gasteiger partial charge in [-0.05, 0) is 23.7 Å². The average molecular weight is 126 g/mol. The summed E-state index contributed by atoms with van der Waals surface area (Å²) < 4.78 is 5.29. The summed E-state index contributed by atoms with van der Waals surface area (Å²) in [6.07, 6.45) is 0. The highest BCUT2D eigenvalue weighted by molar-refractivity contribution is 5.01. The minimum Gasteiger partial charge on any atom is -0.381 e. The van der Waals surface area contributed by atoms with Crippen molar-refractivity contribution in [2.24, 2.45) is 23.7 Å². The zero-order valence-electron chi connectivity index (χ0n) is 6.13. The lowest BCUT2D eigenvalue weighted by Crippen LogP contribution is -2.03. The third-order valence-corrected chi connectivity index (χ3v) is 2.79. The Kier molecular flexibility index (Phi) is 1.10. The Labute approximate surface area is 56.4 Å². The molecule has 0 spiro atoms. The molecule has 2 rings (SSSR count). The SMILES string of the molecule is CC(C)[C@H]1[C@@H]2COC[C@@H]21. The van der Waals surface area contributed by atoms with E-state index in [2.05, 4.69) is 13.8 Å². The number of rotatable bonds is 1.